The predicted octanol–water partition coefficient (Wildman–Crippen LogP) is 14.9. The third-order valence-electron chi connectivity index (χ3n) is 11.9. The van der Waals surface area contributed by atoms with Gasteiger partial charge >= 0.3 is 0 Å². The number of rotatable bonds is 5. The van der Waals surface area contributed by atoms with Crippen molar-refractivity contribution >= 4 is 49.4 Å². The highest BCUT2D eigenvalue weighted by Gasteiger charge is 2.35. The van der Waals surface area contributed by atoms with Crippen LogP contribution < -0.4 is 4.90 Å². The number of nitrogens with zero attached hydrogens (tertiary/aromatic N) is 1. The Hall–Kier alpha value is -6.44. The summed E-state index contributed by atoms with van der Waals surface area (Å²) in [4.78, 5) is 2.43. The maximum atomic E-state index is 2.43. The minimum atomic E-state index is -0.0893. The van der Waals surface area contributed by atoms with E-state index in [1.807, 2.05) is 0 Å². The number of hydrogen-bond acceptors (Lipinski definition) is 1. The number of benzene rings is 9. The van der Waals surface area contributed by atoms with Crippen LogP contribution in [-0.4, -0.2) is 0 Å². The Morgan fingerprint density at radius 2 is 0.889 bits per heavy atom. The Labute approximate surface area is 317 Å². The lowest BCUT2D eigenvalue weighted by Gasteiger charge is -2.29. The molecule has 0 N–H and O–H groups in total. The molecule has 1 aliphatic rings. The molecule has 0 bridgehead atoms. The van der Waals surface area contributed by atoms with Crippen LogP contribution in [0.5, 0.6) is 0 Å². The van der Waals surface area contributed by atoms with Crippen LogP contribution in [0.4, 0.5) is 17.1 Å². The summed E-state index contributed by atoms with van der Waals surface area (Å²) in [6.07, 6.45) is 0. The van der Waals surface area contributed by atoms with Gasteiger partial charge in [0.05, 0.1) is 0 Å². The van der Waals surface area contributed by atoms with Gasteiger partial charge < -0.3 is 4.90 Å². The molecule has 1 heteroatoms. The highest BCUT2D eigenvalue weighted by Crippen LogP contribution is 2.51. The van der Waals surface area contributed by atoms with Crippen molar-refractivity contribution in [1.29, 1.82) is 0 Å². The van der Waals surface area contributed by atoms with E-state index in [-0.39, 0.29) is 5.41 Å². The topological polar surface area (TPSA) is 3.24 Å². The van der Waals surface area contributed by atoms with Crippen LogP contribution in [0.1, 0.15) is 36.1 Å². The number of fused-ring (bicyclic) bond motifs is 9. The molecule has 0 fully saturated rings. The zero-order valence-corrected chi connectivity index (χ0v) is 31.2. The van der Waals surface area contributed by atoms with E-state index in [0.717, 1.165) is 17.1 Å². The van der Waals surface area contributed by atoms with Gasteiger partial charge in [-0.2, -0.15) is 0 Å². The summed E-state index contributed by atoms with van der Waals surface area (Å²) in [5, 5.41) is 7.89. The molecule has 1 aliphatic carbocycles. The predicted molar refractivity (Wildman–Crippen MR) is 232 cm³/mol. The van der Waals surface area contributed by atoms with Gasteiger partial charge in [-0.3, -0.25) is 0 Å². The zero-order chi connectivity index (χ0) is 36.6. The lowest BCUT2D eigenvalue weighted by Crippen LogP contribution is -2.16. The Kier molecular flexibility index (Phi) is 7.35. The molecule has 0 aliphatic heterocycles. The molecule has 1 nitrogen and oxygen atoms in total. The van der Waals surface area contributed by atoms with Crippen molar-refractivity contribution < 1.29 is 0 Å². The van der Waals surface area contributed by atoms with Gasteiger partial charge in [0.1, 0.15) is 0 Å². The average Bonchev–Trinajstić information content (AvgIpc) is 3.44. The number of aryl methyl sites for hydroxylation is 2. The standard InChI is InChI=1S/C53H41N/c1-34-31-40(26-28-42(34)38-30-35(2)52-48-20-11-10-17-44(48)43-16-8-9-18-45(43)49(52)32-38)54(39-24-22-37(23-25-39)36-14-6-5-7-15-36)41-27-29-47-46-19-12-13-21-50(46)53(3,4)51(47)33-41/h5-33H,1-4H3. The average molecular weight is 692 g/mol. The molecule has 0 spiro atoms. The molecule has 0 saturated heterocycles. The third kappa shape index (κ3) is 5.00. The summed E-state index contributed by atoms with van der Waals surface area (Å²) < 4.78 is 0. The zero-order valence-electron chi connectivity index (χ0n) is 31.2. The molecule has 9 aromatic rings. The fraction of sp³-hybridized carbons (Fsp3) is 0.0943. The van der Waals surface area contributed by atoms with E-state index >= 15 is 0 Å². The monoisotopic (exact) mass is 691 g/mol. The van der Waals surface area contributed by atoms with Crippen LogP contribution in [0, 0.1) is 13.8 Å². The van der Waals surface area contributed by atoms with Gasteiger partial charge in [-0.25, -0.2) is 0 Å². The van der Waals surface area contributed by atoms with E-state index in [1.54, 1.807) is 0 Å². The van der Waals surface area contributed by atoms with Gasteiger partial charge in [-0.1, -0.05) is 147 Å². The summed E-state index contributed by atoms with van der Waals surface area (Å²) in [5.41, 5.74) is 16.3. The van der Waals surface area contributed by atoms with Crippen molar-refractivity contribution in [2.45, 2.75) is 33.1 Å². The molecule has 258 valence electrons. The fourth-order valence-electron chi connectivity index (χ4n) is 9.22. The second kappa shape index (κ2) is 12.3. The largest absolute Gasteiger partial charge is 0.310 e. The first-order chi connectivity index (χ1) is 26.4. The Bertz CT molecular complexity index is 2910. The summed E-state index contributed by atoms with van der Waals surface area (Å²) in [5.74, 6) is 0. The van der Waals surface area contributed by atoms with Crippen LogP contribution in [0.25, 0.3) is 65.7 Å². The minimum absolute atomic E-state index is 0.0893. The van der Waals surface area contributed by atoms with Crippen molar-refractivity contribution in [2.75, 3.05) is 4.90 Å². The second-order valence-electron chi connectivity index (χ2n) is 15.5. The van der Waals surface area contributed by atoms with Crippen LogP contribution in [0.3, 0.4) is 0 Å². The molecular formula is C53H41N. The summed E-state index contributed by atoms with van der Waals surface area (Å²) in [7, 11) is 0. The summed E-state index contributed by atoms with van der Waals surface area (Å²) in [6, 6.07) is 65.1. The molecule has 10 rings (SSSR count). The third-order valence-corrected chi connectivity index (χ3v) is 11.9. The highest BCUT2D eigenvalue weighted by atomic mass is 15.1. The summed E-state index contributed by atoms with van der Waals surface area (Å²) >= 11 is 0. The van der Waals surface area contributed by atoms with E-state index in [4.69, 9.17) is 0 Å². The Morgan fingerprint density at radius 3 is 1.61 bits per heavy atom. The van der Waals surface area contributed by atoms with Crippen LogP contribution in [0.15, 0.2) is 176 Å². The molecule has 0 aromatic heterocycles. The second-order valence-corrected chi connectivity index (χ2v) is 15.5. The van der Waals surface area contributed by atoms with Crippen LogP contribution >= 0.6 is 0 Å². The molecule has 54 heavy (non-hydrogen) atoms. The van der Waals surface area contributed by atoms with E-state index < -0.39 is 0 Å². The van der Waals surface area contributed by atoms with Crippen LogP contribution in [0.2, 0.25) is 0 Å². The first kappa shape index (κ1) is 32.2. The molecule has 0 atom stereocenters. The highest BCUT2D eigenvalue weighted by molar-refractivity contribution is 6.26. The van der Waals surface area contributed by atoms with Gasteiger partial charge in [0.2, 0.25) is 0 Å². The number of hydrogen-bond donors (Lipinski definition) is 0. The Morgan fingerprint density at radius 1 is 0.352 bits per heavy atom. The lowest BCUT2D eigenvalue weighted by molar-refractivity contribution is 0.660. The van der Waals surface area contributed by atoms with E-state index in [1.165, 1.54) is 88.0 Å². The van der Waals surface area contributed by atoms with E-state index in [2.05, 4.69) is 209 Å². The van der Waals surface area contributed by atoms with Gasteiger partial charge in [-0.05, 0) is 144 Å². The van der Waals surface area contributed by atoms with Crippen molar-refractivity contribution in [3.05, 3.63) is 198 Å². The van der Waals surface area contributed by atoms with Gasteiger partial charge in [0.15, 0.2) is 0 Å². The smallest absolute Gasteiger partial charge is 0.0465 e. The van der Waals surface area contributed by atoms with Crippen molar-refractivity contribution in [3.8, 4) is 33.4 Å². The fourth-order valence-corrected chi connectivity index (χ4v) is 9.22. The van der Waals surface area contributed by atoms with Gasteiger partial charge in [0, 0.05) is 22.5 Å². The van der Waals surface area contributed by atoms with Crippen molar-refractivity contribution in [2.24, 2.45) is 0 Å². The minimum Gasteiger partial charge on any atom is -0.310 e. The van der Waals surface area contributed by atoms with Gasteiger partial charge in [0.25, 0.3) is 0 Å². The first-order valence-corrected chi connectivity index (χ1v) is 19.0. The van der Waals surface area contributed by atoms with E-state index in [9.17, 15) is 0 Å². The molecule has 0 saturated carbocycles. The molecule has 0 unspecified atom stereocenters. The molecule has 0 heterocycles. The number of anilines is 3. The quantitative estimate of drug-likeness (QED) is 0.162. The SMILES string of the molecule is Cc1cc(N(c2ccc(-c3ccccc3)cc2)c2ccc3c(c2)C(C)(C)c2ccccc2-3)ccc1-c1cc(C)c2c3ccccc3c3ccccc3c2c1. The maximum Gasteiger partial charge on any atom is 0.0465 e. The van der Waals surface area contributed by atoms with Crippen LogP contribution in [-0.2, 0) is 5.41 Å². The first-order valence-electron chi connectivity index (χ1n) is 19.0. The molecular weight excluding hydrogens is 651 g/mol. The summed E-state index contributed by atoms with van der Waals surface area (Å²) in [6.45, 7) is 9.25. The normalized spacial score (nSPS) is 13.0. The lowest BCUT2D eigenvalue weighted by atomic mass is 9.82. The molecule has 0 amide bonds. The van der Waals surface area contributed by atoms with Crippen molar-refractivity contribution in [3.63, 3.8) is 0 Å². The maximum absolute atomic E-state index is 2.43. The van der Waals surface area contributed by atoms with Crippen molar-refractivity contribution in [1.82, 2.24) is 0 Å². The molecule has 0 radical (unpaired) electrons. The molecule has 9 aromatic carbocycles. The Balaban J connectivity index is 1.12. The van der Waals surface area contributed by atoms with Gasteiger partial charge in [-0.15, -0.1) is 0 Å². The van der Waals surface area contributed by atoms with E-state index in [0.29, 0.717) is 0 Å².